The Hall–Kier alpha value is -1.84. The average molecular weight is 274 g/mol. The zero-order valence-electron chi connectivity index (χ0n) is 12.0. The number of carbonyl (C=O) groups excluding carboxylic acids is 2. The first kappa shape index (κ1) is 14.6. The van der Waals surface area contributed by atoms with Crippen LogP contribution < -0.4 is 10.2 Å². The van der Waals surface area contributed by atoms with E-state index < -0.39 is 0 Å². The van der Waals surface area contributed by atoms with Gasteiger partial charge in [0.15, 0.2) is 0 Å². The quantitative estimate of drug-likeness (QED) is 0.865. The molecule has 0 bridgehead atoms. The van der Waals surface area contributed by atoms with Gasteiger partial charge < -0.3 is 10.2 Å². The molecular formula is C16H22N2O2. The van der Waals surface area contributed by atoms with E-state index in [9.17, 15) is 9.59 Å². The van der Waals surface area contributed by atoms with Crippen molar-refractivity contribution in [1.82, 2.24) is 5.32 Å². The highest BCUT2D eigenvalue weighted by Gasteiger charge is 2.30. The molecule has 2 amide bonds. The Bertz CT molecular complexity index is 459. The molecule has 1 aromatic rings. The number of carbonyl (C=O) groups is 2. The number of rotatable bonds is 6. The van der Waals surface area contributed by atoms with Crippen LogP contribution in [0.2, 0.25) is 0 Å². The van der Waals surface area contributed by atoms with Gasteiger partial charge in [0.05, 0.1) is 0 Å². The van der Waals surface area contributed by atoms with E-state index in [0.29, 0.717) is 25.9 Å². The summed E-state index contributed by atoms with van der Waals surface area (Å²) in [5, 5.41) is 2.93. The molecule has 1 unspecified atom stereocenters. The van der Waals surface area contributed by atoms with Crippen molar-refractivity contribution < 1.29 is 9.59 Å². The Labute approximate surface area is 120 Å². The molecule has 1 N–H and O–H groups in total. The highest BCUT2D eigenvalue weighted by atomic mass is 16.2. The van der Waals surface area contributed by atoms with Crippen LogP contribution in [0.4, 0.5) is 5.69 Å². The van der Waals surface area contributed by atoms with Crippen LogP contribution >= 0.6 is 0 Å². The van der Waals surface area contributed by atoms with Crippen LogP contribution in [-0.2, 0) is 9.59 Å². The van der Waals surface area contributed by atoms with E-state index in [1.807, 2.05) is 35.2 Å². The van der Waals surface area contributed by atoms with Gasteiger partial charge in [0.25, 0.3) is 0 Å². The molecule has 1 saturated heterocycles. The van der Waals surface area contributed by atoms with Gasteiger partial charge in [-0.1, -0.05) is 31.5 Å². The third kappa shape index (κ3) is 3.83. The number of amides is 2. The Morgan fingerprint density at radius 1 is 1.35 bits per heavy atom. The van der Waals surface area contributed by atoms with Gasteiger partial charge in [0.1, 0.15) is 0 Å². The molecule has 0 saturated carbocycles. The first-order chi connectivity index (χ1) is 9.70. The van der Waals surface area contributed by atoms with E-state index in [1.165, 1.54) is 0 Å². The fourth-order valence-electron chi connectivity index (χ4n) is 2.46. The van der Waals surface area contributed by atoms with Gasteiger partial charge in [-0.2, -0.15) is 0 Å². The molecule has 1 heterocycles. The predicted octanol–water partition coefficient (Wildman–Crippen LogP) is 2.35. The first-order valence-electron chi connectivity index (χ1n) is 7.32. The van der Waals surface area contributed by atoms with Crippen molar-refractivity contribution in [3.63, 3.8) is 0 Å². The van der Waals surface area contributed by atoms with Crippen LogP contribution in [0.1, 0.15) is 32.6 Å². The third-order valence-electron chi connectivity index (χ3n) is 3.62. The molecule has 0 aliphatic carbocycles. The Balaban J connectivity index is 1.82. The lowest BCUT2D eigenvalue weighted by Gasteiger charge is -2.16. The average Bonchev–Trinajstić information content (AvgIpc) is 2.85. The minimum atomic E-state index is 0.0949. The molecule has 0 aromatic heterocycles. The molecule has 1 atom stereocenters. The minimum absolute atomic E-state index is 0.0949. The lowest BCUT2D eigenvalue weighted by Crippen LogP contribution is -2.31. The zero-order chi connectivity index (χ0) is 14.4. The maximum absolute atomic E-state index is 12.0. The molecule has 108 valence electrons. The molecule has 1 fully saturated rings. The largest absolute Gasteiger partial charge is 0.356 e. The SMILES string of the molecule is CCCCC(=O)NCC1CC(=O)N(c2ccccc2)C1. The summed E-state index contributed by atoms with van der Waals surface area (Å²) in [4.78, 5) is 25.4. The monoisotopic (exact) mass is 274 g/mol. The van der Waals surface area contributed by atoms with Crippen molar-refractivity contribution in [3.05, 3.63) is 30.3 Å². The van der Waals surface area contributed by atoms with E-state index in [2.05, 4.69) is 12.2 Å². The van der Waals surface area contributed by atoms with Crippen LogP contribution in [0.15, 0.2) is 30.3 Å². The lowest BCUT2D eigenvalue weighted by molar-refractivity contribution is -0.121. The van der Waals surface area contributed by atoms with Crippen molar-refractivity contribution >= 4 is 17.5 Å². The number of nitrogens with zero attached hydrogens (tertiary/aromatic N) is 1. The standard InChI is InChI=1S/C16H22N2O2/c1-2-3-9-15(19)17-11-13-10-16(20)18(12-13)14-7-5-4-6-8-14/h4-8,13H,2-3,9-12H2,1H3,(H,17,19). The molecule has 0 radical (unpaired) electrons. The molecular weight excluding hydrogens is 252 g/mol. The summed E-state index contributed by atoms with van der Waals surface area (Å²) < 4.78 is 0. The normalized spacial score (nSPS) is 18.4. The number of anilines is 1. The van der Waals surface area contributed by atoms with Crippen molar-refractivity contribution in [2.24, 2.45) is 5.92 Å². The summed E-state index contributed by atoms with van der Waals surface area (Å²) in [7, 11) is 0. The van der Waals surface area contributed by atoms with Gasteiger partial charge in [-0.25, -0.2) is 0 Å². The van der Waals surface area contributed by atoms with Gasteiger partial charge >= 0.3 is 0 Å². The maximum atomic E-state index is 12.0. The second-order valence-corrected chi connectivity index (χ2v) is 5.32. The van der Waals surface area contributed by atoms with Crippen molar-refractivity contribution in [1.29, 1.82) is 0 Å². The topological polar surface area (TPSA) is 49.4 Å². The minimum Gasteiger partial charge on any atom is -0.356 e. The van der Waals surface area contributed by atoms with Crippen LogP contribution in [0.5, 0.6) is 0 Å². The molecule has 1 aliphatic heterocycles. The maximum Gasteiger partial charge on any atom is 0.227 e. The molecule has 1 aliphatic rings. The summed E-state index contributed by atoms with van der Waals surface area (Å²) in [5.41, 5.74) is 0.942. The number of hydrogen-bond acceptors (Lipinski definition) is 2. The fourth-order valence-corrected chi connectivity index (χ4v) is 2.46. The number of unbranched alkanes of at least 4 members (excludes halogenated alkanes) is 1. The Kier molecular flexibility index (Phi) is 5.16. The van der Waals surface area contributed by atoms with Crippen LogP contribution in [0, 0.1) is 5.92 Å². The van der Waals surface area contributed by atoms with Crippen molar-refractivity contribution in [2.45, 2.75) is 32.6 Å². The van der Waals surface area contributed by atoms with E-state index in [0.717, 1.165) is 18.5 Å². The zero-order valence-corrected chi connectivity index (χ0v) is 12.0. The van der Waals surface area contributed by atoms with E-state index in [-0.39, 0.29) is 17.7 Å². The second kappa shape index (κ2) is 7.08. The number of para-hydroxylation sites is 1. The van der Waals surface area contributed by atoms with Crippen molar-refractivity contribution in [2.75, 3.05) is 18.0 Å². The van der Waals surface area contributed by atoms with Crippen LogP contribution in [0.3, 0.4) is 0 Å². The summed E-state index contributed by atoms with van der Waals surface area (Å²) in [6, 6.07) is 9.70. The number of nitrogens with one attached hydrogen (secondary N) is 1. The summed E-state index contributed by atoms with van der Waals surface area (Å²) in [5.74, 6) is 0.453. The van der Waals surface area contributed by atoms with Gasteiger partial charge in [-0.3, -0.25) is 9.59 Å². The summed E-state index contributed by atoms with van der Waals surface area (Å²) in [6.07, 6.45) is 3.05. The third-order valence-corrected chi connectivity index (χ3v) is 3.62. The number of benzene rings is 1. The molecule has 4 nitrogen and oxygen atoms in total. The highest BCUT2D eigenvalue weighted by Crippen LogP contribution is 2.24. The van der Waals surface area contributed by atoms with Gasteiger partial charge in [0.2, 0.25) is 11.8 Å². The smallest absolute Gasteiger partial charge is 0.227 e. The second-order valence-electron chi connectivity index (χ2n) is 5.32. The predicted molar refractivity (Wildman–Crippen MR) is 79.4 cm³/mol. The van der Waals surface area contributed by atoms with Gasteiger partial charge in [-0.15, -0.1) is 0 Å². The molecule has 1 aromatic carbocycles. The van der Waals surface area contributed by atoms with Gasteiger partial charge in [-0.05, 0) is 18.6 Å². The lowest BCUT2D eigenvalue weighted by atomic mass is 10.1. The summed E-state index contributed by atoms with van der Waals surface area (Å²) in [6.45, 7) is 3.36. The Morgan fingerprint density at radius 3 is 2.80 bits per heavy atom. The summed E-state index contributed by atoms with van der Waals surface area (Å²) >= 11 is 0. The van der Waals surface area contributed by atoms with Crippen molar-refractivity contribution in [3.8, 4) is 0 Å². The molecule has 20 heavy (non-hydrogen) atoms. The van der Waals surface area contributed by atoms with E-state index >= 15 is 0 Å². The van der Waals surface area contributed by atoms with Gasteiger partial charge in [0, 0.05) is 37.5 Å². The number of hydrogen-bond donors (Lipinski definition) is 1. The fraction of sp³-hybridized carbons (Fsp3) is 0.500. The van der Waals surface area contributed by atoms with E-state index in [1.54, 1.807) is 0 Å². The molecule has 4 heteroatoms. The van der Waals surface area contributed by atoms with Crippen LogP contribution in [0.25, 0.3) is 0 Å². The highest BCUT2D eigenvalue weighted by molar-refractivity contribution is 5.95. The van der Waals surface area contributed by atoms with E-state index in [4.69, 9.17) is 0 Å². The molecule has 0 spiro atoms. The van der Waals surface area contributed by atoms with Crippen LogP contribution in [-0.4, -0.2) is 24.9 Å². The molecule has 2 rings (SSSR count). The Morgan fingerprint density at radius 2 is 2.10 bits per heavy atom. The first-order valence-corrected chi connectivity index (χ1v) is 7.32.